The first-order chi connectivity index (χ1) is 15.6. The van der Waals surface area contributed by atoms with Gasteiger partial charge in [0.1, 0.15) is 5.82 Å². The Labute approximate surface area is 187 Å². The lowest BCUT2D eigenvalue weighted by molar-refractivity contribution is -0.280. The van der Waals surface area contributed by atoms with Crippen LogP contribution in [0.4, 0.5) is 4.39 Å². The first-order valence-corrected chi connectivity index (χ1v) is 10.6. The highest BCUT2D eigenvalue weighted by molar-refractivity contribution is 5.92. The van der Waals surface area contributed by atoms with Gasteiger partial charge in [-0.25, -0.2) is 9.18 Å². The SMILES string of the molecule is CC(C)n1nc2c(c1-c1ccc(F)cc1)C13OC(=O)CC(O)(CC(=O)OC1NCC2)C(=O)O3. The summed E-state index contributed by atoms with van der Waals surface area (Å²) in [5.74, 6) is -5.69. The minimum atomic E-state index is -2.42. The van der Waals surface area contributed by atoms with E-state index in [1.165, 1.54) is 24.3 Å². The molecular weight excluding hydrogens is 437 g/mol. The molecule has 0 aliphatic carbocycles. The smallest absolute Gasteiger partial charge is 0.343 e. The summed E-state index contributed by atoms with van der Waals surface area (Å²) in [6.07, 6.45) is -2.57. The Balaban J connectivity index is 1.83. The molecule has 2 bridgehead atoms. The van der Waals surface area contributed by atoms with Gasteiger partial charge in [0.25, 0.3) is 0 Å². The topological polar surface area (TPSA) is 129 Å². The number of benzene rings is 1. The lowest BCUT2D eigenvalue weighted by atomic mass is 9.94. The monoisotopic (exact) mass is 459 g/mol. The molecule has 5 rings (SSSR count). The quantitative estimate of drug-likeness (QED) is 0.634. The summed E-state index contributed by atoms with van der Waals surface area (Å²) in [6.45, 7) is 4.04. The fraction of sp³-hybridized carbons (Fsp3) is 0.455. The average molecular weight is 459 g/mol. The van der Waals surface area contributed by atoms with Crippen molar-refractivity contribution in [2.45, 2.75) is 56.8 Å². The van der Waals surface area contributed by atoms with Crippen molar-refractivity contribution in [2.75, 3.05) is 6.54 Å². The molecule has 1 aromatic carbocycles. The molecule has 2 saturated heterocycles. The number of hydrogen-bond acceptors (Lipinski definition) is 9. The molecular formula is C22H22FN3O7. The van der Waals surface area contributed by atoms with E-state index in [9.17, 15) is 23.9 Å². The number of carbonyl (C=O) groups excluding carboxylic acids is 3. The van der Waals surface area contributed by atoms with E-state index in [0.717, 1.165) is 0 Å². The van der Waals surface area contributed by atoms with E-state index >= 15 is 0 Å². The zero-order valence-corrected chi connectivity index (χ0v) is 18.0. The second kappa shape index (κ2) is 7.35. The number of aromatic nitrogens is 2. The van der Waals surface area contributed by atoms with Crippen molar-refractivity contribution < 1.29 is 38.1 Å². The summed E-state index contributed by atoms with van der Waals surface area (Å²) in [4.78, 5) is 38.4. The van der Waals surface area contributed by atoms with Gasteiger partial charge in [-0.15, -0.1) is 0 Å². The van der Waals surface area contributed by atoms with Crippen LogP contribution >= 0.6 is 0 Å². The predicted molar refractivity (Wildman–Crippen MR) is 108 cm³/mol. The van der Waals surface area contributed by atoms with Crippen molar-refractivity contribution in [2.24, 2.45) is 0 Å². The molecule has 0 radical (unpaired) electrons. The molecule has 11 heteroatoms. The fourth-order valence-electron chi connectivity index (χ4n) is 4.51. The summed E-state index contributed by atoms with van der Waals surface area (Å²) in [5, 5.41) is 18.4. The van der Waals surface area contributed by atoms with Gasteiger partial charge in [0.2, 0.25) is 6.23 Å². The van der Waals surface area contributed by atoms with Crippen molar-refractivity contribution in [1.29, 1.82) is 0 Å². The van der Waals surface area contributed by atoms with Crippen LogP contribution in [0, 0.1) is 5.82 Å². The zero-order valence-electron chi connectivity index (χ0n) is 18.0. The maximum atomic E-state index is 13.7. The highest BCUT2D eigenvalue weighted by Gasteiger charge is 2.63. The van der Waals surface area contributed by atoms with Gasteiger partial charge in [0, 0.05) is 24.6 Å². The first kappa shape index (κ1) is 21.5. The van der Waals surface area contributed by atoms with Crippen LogP contribution in [0.25, 0.3) is 11.3 Å². The van der Waals surface area contributed by atoms with Gasteiger partial charge in [-0.05, 0) is 38.1 Å². The standard InChI is InChI=1S/C22H22FN3O7/c1-11(2)26-18(12-3-5-13(23)6-4-12)17-14(25-26)7-8-24-19-22(17)32-16(28)10-21(30,20(29)33-22)9-15(27)31-19/h3-6,11,19,24,30H,7-10H2,1-2H3. The van der Waals surface area contributed by atoms with E-state index in [1.54, 1.807) is 4.68 Å². The first-order valence-electron chi connectivity index (χ1n) is 10.6. The van der Waals surface area contributed by atoms with E-state index in [4.69, 9.17) is 14.2 Å². The number of esters is 3. The van der Waals surface area contributed by atoms with Gasteiger partial charge >= 0.3 is 23.7 Å². The fourth-order valence-corrected chi connectivity index (χ4v) is 4.51. The third-order valence-electron chi connectivity index (χ3n) is 5.99. The summed E-state index contributed by atoms with van der Waals surface area (Å²) in [6, 6.07) is 5.42. The van der Waals surface area contributed by atoms with Crippen LogP contribution in [-0.2, 0) is 40.8 Å². The molecule has 1 spiro atoms. The van der Waals surface area contributed by atoms with Gasteiger partial charge < -0.3 is 19.3 Å². The Morgan fingerprint density at radius 3 is 2.55 bits per heavy atom. The number of halogens is 1. The van der Waals surface area contributed by atoms with E-state index in [2.05, 4.69) is 10.4 Å². The van der Waals surface area contributed by atoms with E-state index < -0.39 is 54.2 Å². The molecule has 3 atom stereocenters. The van der Waals surface area contributed by atoms with Gasteiger partial charge in [-0.3, -0.25) is 19.6 Å². The van der Waals surface area contributed by atoms with Crippen molar-refractivity contribution in [3.05, 3.63) is 41.3 Å². The van der Waals surface area contributed by atoms with Crippen LogP contribution in [0.2, 0.25) is 0 Å². The molecule has 174 valence electrons. The van der Waals surface area contributed by atoms with Crippen LogP contribution < -0.4 is 5.32 Å². The number of carbonyl (C=O) groups is 3. The Hall–Kier alpha value is -3.31. The molecule has 3 aliphatic heterocycles. The van der Waals surface area contributed by atoms with Crippen LogP contribution in [0.5, 0.6) is 0 Å². The highest BCUT2D eigenvalue weighted by Crippen LogP contribution is 2.47. The minimum absolute atomic E-state index is 0.176. The second-order valence-electron chi connectivity index (χ2n) is 8.71. The molecule has 1 aromatic heterocycles. The number of hydrogen-bond donors (Lipinski definition) is 2. The number of aliphatic hydroxyl groups is 1. The van der Waals surface area contributed by atoms with E-state index in [-0.39, 0.29) is 18.2 Å². The lowest BCUT2D eigenvalue weighted by Gasteiger charge is -2.38. The van der Waals surface area contributed by atoms with Gasteiger partial charge in [-0.2, -0.15) is 5.10 Å². The second-order valence-corrected chi connectivity index (χ2v) is 8.71. The summed E-state index contributed by atoms with van der Waals surface area (Å²) >= 11 is 0. The molecule has 33 heavy (non-hydrogen) atoms. The maximum Gasteiger partial charge on any atom is 0.343 e. The summed E-state index contributed by atoms with van der Waals surface area (Å²) in [5.41, 5.74) is -0.830. The number of fused-ring (bicyclic) bond motifs is 3. The van der Waals surface area contributed by atoms with E-state index in [1.807, 2.05) is 13.8 Å². The third kappa shape index (κ3) is 3.30. The number of nitrogens with zero attached hydrogens (tertiary/aromatic N) is 2. The maximum absolute atomic E-state index is 13.7. The lowest BCUT2D eigenvalue weighted by Crippen LogP contribution is -2.57. The summed E-state index contributed by atoms with van der Waals surface area (Å²) < 4.78 is 32.3. The van der Waals surface area contributed by atoms with E-state index in [0.29, 0.717) is 23.4 Å². The summed E-state index contributed by atoms with van der Waals surface area (Å²) in [7, 11) is 0. The highest BCUT2D eigenvalue weighted by atomic mass is 19.1. The Morgan fingerprint density at radius 2 is 1.85 bits per heavy atom. The van der Waals surface area contributed by atoms with Crippen LogP contribution in [0.15, 0.2) is 24.3 Å². The van der Waals surface area contributed by atoms with Gasteiger partial charge in [-0.1, -0.05) is 0 Å². The van der Waals surface area contributed by atoms with Crippen molar-refractivity contribution in [1.82, 2.24) is 15.1 Å². The third-order valence-corrected chi connectivity index (χ3v) is 5.99. The number of ether oxygens (including phenoxy) is 3. The predicted octanol–water partition coefficient (Wildman–Crippen LogP) is 1.06. The Kier molecular flexibility index (Phi) is 4.80. The Bertz CT molecular complexity index is 1160. The Morgan fingerprint density at radius 1 is 1.15 bits per heavy atom. The normalized spacial score (nSPS) is 29.1. The van der Waals surface area contributed by atoms with Crippen molar-refractivity contribution in [3.63, 3.8) is 0 Å². The average Bonchev–Trinajstić information content (AvgIpc) is 3.03. The molecule has 2 aromatic rings. The molecule has 2 N–H and O–H groups in total. The zero-order chi connectivity index (χ0) is 23.5. The molecule has 3 unspecified atom stereocenters. The van der Waals surface area contributed by atoms with Crippen LogP contribution in [0.3, 0.4) is 0 Å². The molecule has 10 nitrogen and oxygen atoms in total. The molecule has 3 aliphatic rings. The molecule has 2 fully saturated rings. The molecule has 0 amide bonds. The van der Waals surface area contributed by atoms with Crippen LogP contribution in [-0.4, -0.2) is 51.2 Å². The number of rotatable bonds is 2. The van der Waals surface area contributed by atoms with Crippen molar-refractivity contribution in [3.8, 4) is 11.3 Å². The molecule has 4 heterocycles. The van der Waals surface area contributed by atoms with Gasteiger partial charge in [0.05, 0.1) is 29.8 Å². The largest absolute Gasteiger partial charge is 0.437 e. The number of nitrogens with one attached hydrogen (secondary N) is 1. The molecule has 0 saturated carbocycles. The van der Waals surface area contributed by atoms with Crippen molar-refractivity contribution >= 4 is 17.9 Å². The van der Waals surface area contributed by atoms with Gasteiger partial charge in [0.15, 0.2) is 5.60 Å². The van der Waals surface area contributed by atoms with Crippen LogP contribution in [0.1, 0.15) is 44.0 Å². The minimum Gasteiger partial charge on any atom is -0.437 e.